The maximum atomic E-state index is 6.12. The Labute approximate surface area is 100 Å². The van der Waals surface area contributed by atoms with Crippen LogP contribution in [-0.2, 0) is 6.42 Å². The van der Waals surface area contributed by atoms with Crippen LogP contribution in [0.2, 0.25) is 0 Å². The average Bonchev–Trinajstić information content (AvgIpc) is 2.68. The lowest BCUT2D eigenvalue weighted by Crippen LogP contribution is -2.13. The van der Waals surface area contributed by atoms with Gasteiger partial charge in [-0.05, 0) is 25.8 Å². The molecule has 0 aliphatic rings. The number of aromatic nitrogens is 1. The molecular weight excluding hydrogens is 216 g/mol. The number of benzene rings is 1. The third-order valence-corrected chi connectivity index (χ3v) is 3.17. The van der Waals surface area contributed by atoms with Crippen molar-refractivity contribution in [1.82, 2.24) is 4.98 Å². The van der Waals surface area contributed by atoms with Gasteiger partial charge in [0.25, 0.3) is 0 Å². The van der Waals surface area contributed by atoms with Gasteiger partial charge < -0.3 is 5.73 Å². The minimum atomic E-state index is 0.00690. The highest BCUT2D eigenvalue weighted by Crippen LogP contribution is 2.18. The SMILES string of the molecule is Cc1cc(C)cc(CC(N)c2cscn2)c1. The standard InChI is InChI=1S/C13H16N2S/c1-9-3-10(2)5-11(4-9)6-12(14)13-7-16-8-15-13/h3-5,7-8,12H,6,14H2,1-2H3. The predicted molar refractivity (Wildman–Crippen MR) is 68.7 cm³/mol. The molecule has 3 heteroatoms. The maximum Gasteiger partial charge on any atom is 0.0795 e. The molecule has 84 valence electrons. The summed E-state index contributed by atoms with van der Waals surface area (Å²) in [6.07, 6.45) is 0.853. The second-order valence-corrected chi connectivity index (χ2v) is 4.94. The highest BCUT2D eigenvalue weighted by molar-refractivity contribution is 7.07. The molecular formula is C13H16N2S. The van der Waals surface area contributed by atoms with Crippen molar-refractivity contribution in [2.45, 2.75) is 26.3 Å². The van der Waals surface area contributed by atoms with Gasteiger partial charge in [0.1, 0.15) is 0 Å². The van der Waals surface area contributed by atoms with Gasteiger partial charge in [0.2, 0.25) is 0 Å². The van der Waals surface area contributed by atoms with Gasteiger partial charge >= 0.3 is 0 Å². The summed E-state index contributed by atoms with van der Waals surface area (Å²) in [5.74, 6) is 0. The van der Waals surface area contributed by atoms with E-state index < -0.39 is 0 Å². The molecule has 2 aromatic rings. The average molecular weight is 232 g/mol. The first-order valence-corrected chi connectivity index (χ1v) is 6.30. The summed E-state index contributed by atoms with van der Waals surface area (Å²) >= 11 is 1.59. The summed E-state index contributed by atoms with van der Waals surface area (Å²) in [6.45, 7) is 4.23. The third kappa shape index (κ3) is 2.68. The Morgan fingerprint density at radius 3 is 2.50 bits per heavy atom. The van der Waals surface area contributed by atoms with E-state index in [1.165, 1.54) is 16.7 Å². The van der Waals surface area contributed by atoms with E-state index >= 15 is 0 Å². The normalized spacial score (nSPS) is 12.7. The van der Waals surface area contributed by atoms with Crippen LogP contribution in [0.5, 0.6) is 0 Å². The quantitative estimate of drug-likeness (QED) is 0.883. The molecule has 0 aliphatic carbocycles. The van der Waals surface area contributed by atoms with E-state index in [0.29, 0.717) is 0 Å². The molecule has 16 heavy (non-hydrogen) atoms. The van der Waals surface area contributed by atoms with Crippen LogP contribution >= 0.6 is 11.3 Å². The zero-order chi connectivity index (χ0) is 11.5. The molecule has 1 heterocycles. The number of rotatable bonds is 3. The van der Waals surface area contributed by atoms with Crippen LogP contribution in [-0.4, -0.2) is 4.98 Å². The van der Waals surface area contributed by atoms with Gasteiger partial charge in [-0.3, -0.25) is 0 Å². The largest absolute Gasteiger partial charge is 0.322 e. The molecule has 1 aromatic heterocycles. The van der Waals surface area contributed by atoms with Gasteiger partial charge in [-0.25, -0.2) is 4.98 Å². The predicted octanol–water partition coefficient (Wildman–Crippen LogP) is 3.00. The lowest BCUT2D eigenvalue weighted by molar-refractivity contribution is 0.701. The van der Waals surface area contributed by atoms with Crippen molar-refractivity contribution in [3.05, 3.63) is 51.5 Å². The molecule has 2 N–H and O–H groups in total. The molecule has 2 nitrogen and oxygen atoms in total. The fraction of sp³-hybridized carbons (Fsp3) is 0.308. The fourth-order valence-electron chi connectivity index (χ4n) is 1.95. The molecule has 2 rings (SSSR count). The van der Waals surface area contributed by atoms with E-state index in [1.807, 2.05) is 10.9 Å². The van der Waals surface area contributed by atoms with Crippen molar-refractivity contribution < 1.29 is 0 Å². The number of aryl methyl sites for hydroxylation is 2. The third-order valence-electron chi connectivity index (χ3n) is 2.57. The molecule has 0 amide bonds. The highest BCUT2D eigenvalue weighted by Gasteiger charge is 2.09. The molecule has 1 unspecified atom stereocenters. The molecule has 0 aliphatic heterocycles. The minimum Gasteiger partial charge on any atom is -0.322 e. The van der Waals surface area contributed by atoms with E-state index in [9.17, 15) is 0 Å². The molecule has 0 bridgehead atoms. The second-order valence-electron chi connectivity index (χ2n) is 4.22. The second kappa shape index (κ2) is 4.76. The van der Waals surface area contributed by atoms with E-state index in [2.05, 4.69) is 37.0 Å². The van der Waals surface area contributed by atoms with E-state index in [1.54, 1.807) is 11.3 Å². The number of hydrogen-bond donors (Lipinski definition) is 1. The first-order valence-electron chi connectivity index (χ1n) is 5.36. The minimum absolute atomic E-state index is 0.00690. The zero-order valence-electron chi connectivity index (χ0n) is 9.60. The topological polar surface area (TPSA) is 38.9 Å². The van der Waals surface area contributed by atoms with E-state index in [-0.39, 0.29) is 6.04 Å². The number of hydrogen-bond acceptors (Lipinski definition) is 3. The fourth-order valence-corrected chi connectivity index (χ4v) is 2.57. The molecule has 0 saturated carbocycles. The van der Waals surface area contributed by atoms with E-state index in [4.69, 9.17) is 5.73 Å². The lowest BCUT2D eigenvalue weighted by Gasteiger charge is -2.10. The van der Waals surface area contributed by atoms with Gasteiger partial charge in [-0.2, -0.15) is 0 Å². The van der Waals surface area contributed by atoms with Gasteiger partial charge in [0, 0.05) is 5.38 Å². The van der Waals surface area contributed by atoms with Crippen molar-refractivity contribution in [2.75, 3.05) is 0 Å². The van der Waals surface area contributed by atoms with Crippen LogP contribution < -0.4 is 5.73 Å². The van der Waals surface area contributed by atoms with Crippen molar-refractivity contribution in [3.63, 3.8) is 0 Å². The van der Waals surface area contributed by atoms with Crippen LogP contribution in [0.25, 0.3) is 0 Å². The van der Waals surface area contributed by atoms with E-state index in [0.717, 1.165) is 12.1 Å². The summed E-state index contributed by atoms with van der Waals surface area (Å²) in [4.78, 5) is 4.25. The highest BCUT2D eigenvalue weighted by atomic mass is 32.1. The Hall–Kier alpha value is -1.19. The summed E-state index contributed by atoms with van der Waals surface area (Å²) in [6, 6.07) is 6.57. The van der Waals surface area contributed by atoms with Crippen LogP contribution in [0, 0.1) is 13.8 Å². The zero-order valence-corrected chi connectivity index (χ0v) is 10.4. The van der Waals surface area contributed by atoms with Crippen LogP contribution in [0.3, 0.4) is 0 Å². The molecule has 0 spiro atoms. The Morgan fingerprint density at radius 1 is 1.25 bits per heavy atom. The van der Waals surface area contributed by atoms with Crippen molar-refractivity contribution >= 4 is 11.3 Å². The first kappa shape index (κ1) is 11.3. The number of nitrogens with two attached hydrogens (primary N) is 1. The Bertz CT molecular complexity index is 443. The smallest absolute Gasteiger partial charge is 0.0795 e. The molecule has 1 aromatic carbocycles. The first-order chi connectivity index (χ1) is 7.65. The Kier molecular flexibility index (Phi) is 3.36. The Balaban J connectivity index is 2.15. The van der Waals surface area contributed by atoms with Crippen LogP contribution in [0.4, 0.5) is 0 Å². The van der Waals surface area contributed by atoms with Crippen molar-refractivity contribution in [3.8, 4) is 0 Å². The van der Waals surface area contributed by atoms with Crippen molar-refractivity contribution in [1.29, 1.82) is 0 Å². The van der Waals surface area contributed by atoms with Gasteiger partial charge in [-0.15, -0.1) is 11.3 Å². The number of thiazole rings is 1. The molecule has 0 saturated heterocycles. The summed E-state index contributed by atoms with van der Waals surface area (Å²) in [7, 11) is 0. The number of nitrogens with zero attached hydrogens (tertiary/aromatic N) is 1. The summed E-state index contributed by atoms with van der Waals surface area (Å²) < 4.78 is 0. The van der Waals surface area contributed by atoms with Gasteiger partial charge in [0.15, 0.2) is 0 Å². The molecule has 0 radical (unpaired) electrons. The van der Waals surface area contributed by atoms with Crippen LogP contribution in [0.15, 0.2) is 29.1 Å². The lowest BCUT2D eigenvalue weighted by atomic mass is 10.0. The maximum absolute atomic E-state index is 6.12. The molecule has 0 fully saturated rings. The summed E-state index contributed by atoms with van der Waals surface area (Å²) in [5.41, 5.74) is 12.8. The summed E-state index contributed by atoms with van der Waals surface area (Å²) in [5, 5.41) is 2.02. The van der Waals surface area contributed by atoms with Gasteiger partial charge in [-0.1, -0.05) is 29.3 Å². The molecule has 1 atom stereocenters. The monoisotopic (exact) mass is 232 g/mol. The van der Waals surface area contributed by atoms with Crippen molar-refractivity contribution in [2.24, 2.45) is 5.73 Å². The van der Waals surface area contributed by atoms with Crippen LogP contribution in [0.1, 0.15) is 28.4 Å². The van der Waals surface area contributed by atoms with Gasteiger partial charge in [0.05, 0.1) is 17.2 Å². The Morgan fingerprint density at radius 2 is 1.94 bits per heavy atom.